The third-order valence-electron chi connectivity index (χ3n) is 4.25. The van der Waals surface area contributed by atoms with Gasteiger partial charge in [0.1, 0.15) is 5.03 Å². The molecule has 1 aromatic heterocycles. The Labute approximate surface area is 175 Å². The van der Waals surface area contributed by atoms with E-state index in [1.54, 1.807) is 0 Å². The zero-order valence-electron chi connectivity index (χ0n) is 16.7. The van der Waals surface area contributed by atoms with Crippen LogP contribution in [0.25, 0.3) is 0 Å². The van der Waals surface area contributed by atoms with Crippen molar-refractivity contribution < 1.29 is 9.59 Å². The summed E-state index contributed by atoms with van der Waals surface area (Å²) in [5.41, 5.74) is 4.72. The van der Waals surface area contributed by atoms with E-state index in [1.807, 2.05) is 81.4 Å². The summed E-state index contributed by atoms with van der Waals surface area (Å²) in [6.45, 7) is 5.75. The van der Waals surface area contributed by atoms with E-state index in [-0.39, 0.29) is 17.6 Å². The van der Waals surface area contributed by atoms with Gasteiger partial charge in [-0.2, -0.15) is 0 Å². The van der Waals surface area contributed by atoms with Crippen LogP contribution >= 0.6 is 11.8 Å². The van der Waals surface area contributed by atoms with Crippen LogP contribution in [-0.4, -0.2) is 22.6 Å². The van der Waals surface area contributed by atoms with E-state index in [1.165, 1.54) is 11.8 Å². The van der Waals surface area contributed by atoms with Crippen LogP contribution in [0.5, 0.6) is 0 Å². The molecule has 6 heteroatoms. The molecule has 148 valence electrons. The highest BCUT2D eigenvalue weighted by molar-refractivity contribution is 8.00. The highest BCUT2D eigenvalue weighted by atomic mass is 32.2. The maximum atomic E-state index is 12.9. The fourth-order valence-corrected chi connectivity index (χ4v) is 3.81. The average Bonchev–Trinajstić information content (AvgIpc) is 2.68. The smallest absolute Gasteiger partial charge is 0.258 e. The van der Waals surface area contributed by atoms with Crippen LogP contribution < -0.4 is 10.6 Å². The number of hydrogen-bond acceptors (Lipinski definition) is 4. The Morgan fingerprint density at radius 2 is 1.55 bits per heavy atom. The quantitative estimate of drug-likeness (QED) is 0.567. The van der Waals surface area contributed by atoms with E-state index in [0.29, 0.717) is 16.3 Å². The van der Waals surface area contributed by atoms with Gasteiger partial charge in [-0.3, -0.25) is 9.59 Å². The number of amides is 2. The second kappa shape index (κ2) is 9.39. The zero-order chi connectivity index (χ0) is 20.8. The summed E-state index contributed by atoms with van der Waals surface area (Å²) < 4.78 is 0. The van der Waals surface area contributed by atoms with E-state index in [2.05, 4.69) is 15.6 Å². The van der Waals surface area contributed by atoms with Crippen LogP contribution in [0.3, 0.4) is 0 Å². The first-order valence-electron chi connectivity index (χ1n) is 9.26. The lowest BCUT2D eigenvalue weighted by Crippen LogP contribution is -2.18. The van der Waals surface area contributed by atoms with Gasteiger partial charge in [0.25, 0.3) is 5.91 Å². The Kier molecular flexibility index (Phi) is 6.67. The highest BCUT2D eigenvalue weighted by Gasteiger charge is 2.18. The minimum atomic E-state index is -0.234. The number of rotatable bonds is 6. The first kappa shape index (κ1) is 20.6. The molecule has 0 bridgehead atoms. The summed E-state index contributed by atoms with van der Waals surface area (Å²) in [4.78, 5) is 29.7. The molecule has 0 unspecified atom stereocenters. The normalized spacial score (nSPS) is 10.4. The zero-order valence-corrected chi connectivity index (χ0v) is 17.5. The summed E-state index contributed by atoms with van der Waals surface area (Å²) in [5, 5.41) is 6.32. The SMILES string of the molecule is Cc1ccc(NC(=O)CSc2nc(C)cc(C)c2C(=O)Nc2ccccc2)cc1. The van der Waals surface area contributed by atoms with E-state index in [0.717, 1.165) is 22.5 Å². The molecular formula is C23H23N3O2S. The third-order valence-corrected chi connectivity index (χ3v) is 5.22. The molecule has 0 saturated heterocycles. The largest absolute Gasteiger partial charge is 0.325 e. The molecule has 0 fully saturated rings. The van der Waals surface area contributed by atoms with Crippen LogP contribution in [0.1, 0.15) is 27.2 Å². The van der Waals surface area contributed by atoms with Crippen LogP contribution in [-0.2, 0) is 4.79 Å². The Morgan fingerprint density at radius 3 is 2.24 bits per heavy atom. The first-order valence-corrected chi connectivity index (χ1v) is 10.2. The van der Waals surface area contributed by atoms with Crippen molar-refractivity contribution in [2.45, 2.75) is 25.8 Å². The van der Waals surface area contributed by atoms with Crippen molar-refractivity contribution in [3.8, 4) is 0 Å². The monoisotopic (exact) mass is 405 g/mol. The van der Waals surface area contributed by atoms with E-state index >= 15 is 0 Å². The number of thioether (sulfide) groups is 1. The van der Waals surface area contributed by atoms with Crippen molar-refractivity contribution in [1.82, 2.24) is 4.98 Å². The van der Waals surface area contributed by atoms with Crippen molar-refractivity contribution in [1.29, 1.82) is 0 Å². The van der Waals surface area contributed by atoms with E-state index in [9.17, 15) is 9.59 Å². The molecule has 0 radical (unpaired) electrons. The molecule has 3 aromatic rings. The lowest BCUT2D eigenvalue weighted by molar-refractivity contribution is -0.113. The fourth-order valence-electron chi connectivity index (χ4n) is 2.87. The van der Waals surface area contributed by atoms with Crippen molar-refractivity contribution >= 4 is 35.0 Å². The molecule has 5 nitrogen and oxygen atoms in total. The second-order valence-corrected chi connectivity index (χ2v) is 7.75. The van der Waals surface area contributed by atoms with Gasteiger partial charge in [0.2, 0.25) is 5.91 Å². The molecule has 0 aliphatic rings. The van der Waals surface area contributed by atoms with E-state index in [4.69, 9.17) is 0 Å². The minimum absolute atomic E-state index is 0.144. The van der Waals surface area contributed by atoms with Crippen LogP contribution in [0.15, 0.2) is 65.7 Å². The number of pyridine rings is 1. The number of para-hydroxylation sites is 1. The van der Waals surface area contributed by atoms with Gasteiger partial charge in [-0.25, -0.2) is 4.98 Å². The Balaban J connectivity index is 1.73. The maximum absolute atomic E-state index is 12.9. The fraction of sp³-hybridized carbons (Fsp3) is 0.174. The van der Waals surface area contributed by atoms with Gasteiger partial charge < -0.3 is 10.6 Å². The topological polar surface area (TPSA) is 71.1 Å². The molecule has 0 saturated carbocycles. The molecule has 2 amide bonds. The molecule has 0 spiro atoms. The van der Waals surface area contributed by atoms with Gasteiger partial charge in [-0.15, -0.1) is 0 Å². The molecule has 2 N–H and O–H groups in total. The standard InChI is InChI=1S/C23H23N3O2S/c1-15-9-11-19(12-10-15)25-20(27)14-29-23-21(16(2)13-17(3)24-23)22(28)26-18-7-5-4-6-8-18/h4-13H,14H2,1-3H3,(H,25,27)(H,26,28). The Hall–Kier alpha value is -3.12. The van der Waals surface area contributed by atoms with Crippen LogP contribution in [0, 0.1) is 20.8 Å². The Morgan fingerprint density at radius 1 is 0.897 bits per heavy atom. The van der Waals surface area contributed by atoms with Gasteiger partial charge in [0.15, 0.2) is 0 Å². The van der Waals surface area contributed by atoms with Gasteiger partial charge in [0, 0.05) is 17.1 Å². The average molecular weight is 406 g/mol. The molecule has 3 rings (SSSR count). The number of carbonyl (C=O) groups is 2. The molecular weight excluding hydrogens is 382 g/mol. The third kappa shape index (κ3) is 5.68. The summed E-state index contributed by atoms with van der Waals surface area (Å²) in [6.07, 6.45) is 0. The molecule has 1 heterocycles. The number of anilines is 2. The summed E-state index contributed by atoms with van der Waals surface area (Å²) >= 11 is 1.26. The lowest BCUT2D eigenvalue weighted by atomic mass is 10.1. The summed E-state index contributed by atoms with van der Waals surface area (Å²) in [6, 6.07) is 18.8. The number of aryl methyl sites for hydroxylation is 3. The maximum Gasteiger partial charge on any atom is 0.258 e. The second-order valence-electron chi connectivity index (χ2n) is 6.78. The van der Waals surface area contributed by atoms with Crippen molar-refractivity contribution in [2.75, 3.05) is 16.4 Å². The van der Waals surface area contributed by atoms with Crippen molar-refractivity contribution in [2.24, 2.45) is 0 Å². The van der Waals surface area contributed by atoms with Gasteiger partial charge in [-0.05, 0) is 56.7 Å². The van der Waals surface area contributed by atoms with Crippen LogP contribution in [0.4, 0.5) is 11.4 Å². The number of aromatic nitrogens is 1. The predicted octanol–water partition coefficient (Wildman–Crippen LogP) is 4.99. The Bertz CT molecular complexity index is 1020. The minimum Gasteiger partial charge on any atom is -0.325 e. The number of carbonyl (C=O) groups excluding carboxylic acids is 2. The van der Waals surface area contributed by atoms with Gasteiger partial charge >= 0.3 is 0 Å². The molecule has 29 heavy (non-hydrogen) atoms. The molecule has 0 aliphatic carbocycles. The molecule has 0 aliphatic heterocycles. The summed E-state index contributed by atoms with van der Waals surface area (Å²) in [7, 11) is 0. The van der Waals surface area contributed by atoms with E-state index < -0.39 is 0 Å². The van der Waals surface area contributed by atoms with Gasteiger partial charge in [-0.1, -0.05) is 47.7 Å². The highest BCUT2D eigenvalue weighted by Crippen LogP contribution is 2.25. The number of benzene rings is 2. The van der Waals surface area contributed by atoms with Crippen molar-refractivity contribution in [3.63, 3.8) is 0 Å². The summed E-state index contributed by atoms with van der Waals surface area (Å²) in [5.74, 6) is -0.216. The molecule has 0 atom stereocenters. The lowest BCUT2D eigenvalue weighted by Gasteiger charge is -2.13. The van der Waals surface area contributed by atoms with Crippen molar-refractivity contribution in [3.05, 3.63) is 83.0 Å². The number of nitrogens with one attached hydrogen (secondary N) is 2. The first-order chi connectivity index (χ1) is 13.9. The van der Waals surface area contributed by atoms with Crippen LogP contribution in [0.2, 0.25) is 0 Å². The van der Waals surface area contributed by atoms with Gasteiger partial charge in [0.05, 0.1) is 11.3 Å². The molecule has 2 aromatic carbocycles. The number of nitrogens with zero attached hydrogens (tertiary/aromatic N) is 1. The number of hydrogen-bond donors (Lipinski definition) is 2. The predicted molar refractivity (Wildman–Crippen MR) is 119 cm³/mol.